The lowest BCUT2D eigenvalue weighted by Gasteiger charge is -2.30. The topological polar surface area (TPSA) is 49.8 Å². The number of carboxylic acid groups (broad SMARTS) is 1. The Kier molecular flexibility index (Phi) is 6.87. The zero-order valence-corrected chi connectivity index (χ0v) is 9.26. The molecule has 0 amide bonds. The Hall–Kier alpha value is -0.320. The molecule has 0 aromatic rings. The molecule has 1 unspecified atom stereocenters. The first-order valence-electron chi connectivity index (χ1n) is 4.68. The quantitative estimate of drug-likeness (QED) is 0.768. The van der Waals surface area contributed by atoms with Crippen LogP contribution in [-0.4, -0.2) is 49.3 Å². The molecule has 1 atom stereocenters. The second kappa shape index (κ2) is 7.04. The van der Waals surface area contributed by atoms with Crippen molar-refractivity contribution in [2.75, 3.05) is 33.4 Å². The van der Waals surface area contributed by atoms with E-state index < -0.39 is 5.97 Å². The highest BCUT2D eigenvalue weighted by molar-refractivity contribution is 5.85. The van der Waals surface area contributed by atoms with Crippen molar-refractivity contribution in [3.05, 3.63) is 0 Å². The largest absolute Gasteiger partial charge is 0.481 e. The lowest BCUT2D eigenvalue weighted by molar-refractivity contribution is -0.143. The van der Waals surface area contributed by atoms with Gasteiger partial charge in [0.1, 0.15) is 0 Å². The minimum Gasteiger partial charge on any atom is -0.481 e. The number of methoxy groups -OCH3 is 1. The molecule has 4 nitrogen and oxygen atoms in total. The molecule has 0 aromatic carbocycles. The number of nitrogens with zero attached hydrogens (tertiary/aromatic N) is 1. The highest BCUT2D eigenvalue weighted by Crippen LogP contribution is 2.15. The molecule has 5 heteroatoms. The van der Waals surface area contributed by atoms with E-state index in [4.69, 9.17) is 9.84 Å². The monoisotopic (exact) mass is 223 g/mol. The third-order valence-corrected chi connectivity index (χ3v) is 2.47. The van der Waals surface area contributed by atoms with E-state index in [1.54, 1.807) is 7.11 Å². The lowest BCUT2D eigenvalue weighted by atomic mass is 9.98. The first kappa shape index (κ1) is 13.7. The molecule has 1 saturated heterocycles. The van der Waals surface area contributed by atoms with Crippen LogP contribution in [0.5, 0.6) is 0 Å². The van der Waals surface area contributed by atoms with Gasteiger partial charge in [-0.2, -0.15) is 0 Å². The fraction of sp³-hybridized carbons (Fsp3) is 0.889. The summed E-state index contributed by atoms with van der Waals surface area (Å²) in [6, 6.07) is 0. The second-order valence-electron chi connectivity index (χ2n) is 3.47. The molecule has 84 valence electrons. The molecule has 1 aliphatic rings. The minimum absolute atomic E-state index is 0. The molecule has 14 heavy (non-hydrogen) atoms. The maximum absolute atomic E-state index is 10.7. The summed E-state index contributed by atoms with van der Waals surface area (Å²) in [6.45, 7) is 3.22. The van der Waals surface area contributed by atoms with Crippen LogP contribution in [0.1, 0.15) is 12.8 Å². The van der Waals surface area contributed by atoms with Gasteiger partial charge in [0, 0.05) is 20.2 Å². The van der Waals surface area contributed by atoms with Gasteiger partial charge in [-0.3, -0.25) is 4.79 Å². The van der Waals surface area contributed by atoms with Crippen molar-refractivity contribution in [1.82, 2.24) is 4.90 Å². The molecule has 0 aromatic heterocycles. The van der Waals surface area contributed by atoms with Gasteiger partial charge in [0.2, 0.25) is 0 Å². The van der Waals surface area contributed by atoms with Crippen LogP contribution in [0.3, 0.4) is 0 Å². The van der Waals surface area contributed by atoms with Gasteiger partial charge in [0.05, 0.1) is 12.5 Å². The Morgan fingerprint density at radius 2 is 2.36 bits per heavy atom. The third kappa shape index (κ3) is 4.26. The van der Waals surface area contributed by atoms with Crippen LogP contribution < -0.4 is 0 Å². The summed E-state index contributed by atoms with van der Waals surface area (Å²) in [5.41, 5.74) is 0. The summed E-state index contributed by atoms with van der Waals surface area (Å²) in [5, 5.41) is 8.82. The van der Waals surface area contributed by atoms with Crippen molar-refractivity contribution in [2.45, 2.75) is 12.8 Å². The van der Waals surface area contributed by atoms with Crippen LogP contribution in [0, 0.1) is 5.92 Å². The van der Waals surface area contributed by atoms with Crippen molar-refractivity contribution >= 4 is 18.4 Å². The predicted molar refractivity (Wildman–Crippen MR) is 55.9 cm³/mol. The van der Waals surface area contributed by atoms with Gasteiger partial charge < -0.3 is 14.7 Å². The molecule has 1 heterocycles. The van der Waals surface area contributed by atoms with Gasteiger partial charge in [0.25, 0.3) is 0 Å². The van der Waals surface area contributed by atoms with Gasteiger partial charge in [-0.25, -0.2) is 0 Å². The van der Waals surface area contributed by atoms with E-state index in [2.05, 4.69) is 4.90 Å². The summed E-state index contributed by atoms with van der Waals surface area (Å²) >= 11 is 0. The summed E-state index contributed by atoms with van der Waals surface area (Å²) in [4.78, 5) is 12.9. The van der Waals surface area contributed by atoms with Crippen molar-refractivity contribution in [3.8, 4) is 0 Å². The maximum Gasteiger partial charge on any atom is 0.307 e. The van der Waals surface area contributed by atoms with Crippen molar-refractivity contribution < 1.29 is 14.6 Å². The van der Waals surface area contributed by atoms with Crippen molar-refractivity contribution in [3.63, 3.8) is 0 Å². The average Bonchev–Trinajstić information content (AvgIpc) is 2.15. The smallest absolute Gasteiger partial charge is 0.307 e. The van der Waals surface area contributed by atoms with E-state index in [9.17, 15) is 4.79 Å². The Balaban J connectivity index is 0.00000169. The lowest BCUT2D eigenvalue weighted by Crippen LogP contribution is -2.40. The first-order valence-corrected chi connectivity index (χ1v) is 4.68. The minimum atomic E-state index is -0.665. The average molecular weight is 224 g/mol. The normalized spacial score (nSPS) is 22.8. The first-order chi connectivity index (χ1) is 6.24. The zero-order chi connectivity index (χ0) is 9.68. The molecule has 1 N–H and O–H groups in total. The third-order valence-electron chi connectivity index (χ3n) is 2.47. The van der Waals surface area contributed by atoms with E-state index in [-0.39, 0.29) is 18.3 Å². The Morgan fingerprint density at radius 3 is 2.93 bits per heavy atom. The van der Waals surface area contributed by atoms with Gasteiger partial charge in [-0.15, -0.1) is 12.4 Å². The molecular formula is C9H18ClNO3. The van der Waals surface area contributed by atoms with Crippen LogP contribution in [0.4, 0.5) is 0 Å². The maximum atomic E-state index is 10.7. The van der Waals surface area contributed by atoms with Gasteiger partial charge in [-0.05, 0) is 19.4 Å². The highest BCUT2D eigenvalue weighted by atomic mass is 35.5. The fourth-order valence-corrected chi connectivity index (χ4v) is 1.68. The van der Waals surface area contributed by atoms with Crippen LogP contribution in [-0.2, 0) is 9.53 Å². The molecule has 1 fully saturated rings. The number of hydrogen-bond donors (Lipinski definition) is 1. The molecule has 0 saturated carbocycles. The number of likely N-dealkylation sites (tertiary alicyclic amines) is 1. The Bertz CT molecular complexity index is 177. The van der Waals surface area contributed by atoms with E-state index in [0.717, 1.165) is 25.9 Å². The summed E-state index contributed by atoms with van der Waals surface area (Å²) < 4.78 is 4.95. The van der Waals surface area contributed by atoms with Crippen molar-refractivity contribution in [1.29, 1.82) is 0 Å². The molecule has 0 spiro atoms. The zero-order valence-electron chi connectivity index (χ0n) is 8.44. The van der Waals surface area contributed by atoms with Gasteiger partial charge in [-0.1, -0.05) is 0 Å². The number of carbonyl (C=O) groups is 1. The van der Waals surface area contributed by atoms with Crippen LogP contribution >= 0.6 is 12.4 Å². The SMILES string of the molecule is COCCN1CCCC(C(=O)O)C1.Cl. The molecular weight excluding hydrogens is 206 g/mol. The van der Waals surface area contributed by atoms with E-state index >= 15 is 0 Å². The number of rotatable bonds is 4. The summed E-state index contributed by atoms with van der Waals surface area (Å²) in [5.74, 6) is -0.840. The van der Waals surface area contributed by atoms with Gasteiger partial charge >= 0.3 is 5.97 Å². The number of hydrogen-bond acceptors (Lipinski definition) is 3. The molecule has 0 radical (unpaired) electrons. The standard InChI is InChI=1S/C9H17NO3.ClH/c1-13-6-5-10-4-2-3-8(7-10)9(11)12;/h8H,2-7H2,1H3,(H,11,12);1H. The Morgan fingerprint density at radius 1 is 1.64 bits per heavy atom. The number of piperidine rings is 1. The van der Waals surface area contributed by atoms with Crippen molar-refractivity contribution in [2.24, 2.45) is 5.92 Å². The molecule has 1 aliphatic heterocycles. The van der Waals surface area contributed by atoms with E-state index in [0.29, 0.717) is 13.2 Å². The van der Waals surface area contributed by atoms with Crippen LogP contribution in [0.2, 0.25) is 0 Å². The summed E-state index contributed by atoms with van der Waals surface area (Å²) in [6.07, 6.45) is 1.81. The second-order valence-corrected chi connectivity index (χ2v) is 3.47. The molecule has 1 rings (SSSR count). The number of carboxylic acids is 1. The number of aliphatic carboxylic acids is 1. The highest BCUT2D eigenvalue weighted by Gasteiger charge is 2.24. The molecule has 0 bridgehead atoms. The Labute approximate surface area is 90.6 Å². The van der Waals surface area contributed by atoms with E-state index in [1.165, 1.54) is 0 Å². The number of halogens is 1. The predicted octanol–water partition coefficient (Wildman–Crippen LogP) is 0.851. The van der Waals surface area contributed by atoms with Crippen LogP contribution in [0.25, 0.3) is 0 Å². The summed E-state index contributed by atoms with van der Waals surface area (Å²) in [7, 11) is 1.67. The van der Waals surface area contributed by atoms with Crippen LogP contribution in [0.15, 0.2) is 0 Å². The van der Waals surface area contributed by atoms with E-state index in [1.807, 2.05) is 0 Å². The fourth-order valence-electron chi connectivity index (χ4n) is 1.68. The molecule has 0 aliphatic carbocycles. The number of ether oxygens (including phenoxy) is 1. The van der Waals surface area contributed by atoms with Gasteiger partial charge in [0.15, 0.2) is 0 Å².